The molecule has 54 valence electrons. The normalized spacial score (nSPS) is 6.89. The van der Waals surface area contributed by atoms with E-state index < -0.39 is 16.9 Å². The molecule has 0 heterocycles. The van der Waals surface area contributed by atoms with Crippen LogP contribution in [0.15, 0.2) is 0 Å². The fraction of sp³-hybridized carbons (Fsp3) is 0. The van der Waals surface area contributed by atoms with Gasteiger partial charge in [-0.2, -0.15) is 0 Å². The summed E-state index contributed by atoms with van der Waals surface area (Å²) in [4.78, 5) is 35.9. The molecule has 0 aliphatic rings. The molecular weight excluding hydrogens is 249 g/mol. The van der Waals surface area contributed by atoms with E-state index in [1.54, 1.807) is 0 Å². The van der Waals surface area contributed by atoms with E-state index in [0.717, 1.165) is 0 Å². The minimum absolute atomic E-state index is 0. The molecular formula is H5O6P2Zr+. The first-order valence-corrected chi connectivity index (χ1v) is 3.55. The van der Waals surface area contributed by atoms with E-state index in [9.17, 15) is 0 Å². The third-order valence-electron chi connectivity index (χ3n) is 0. The SMILES string of the molecule is O=[P+](O)O.OP(O)O.[Zr]. The van der Waals surface area contributed by atoms with Crippen LogP contribution in [0, 0.1) is 0 Å². The Morgan fingerprint density at radius 1 is 1.11 bits per heavy atom. The summed E-state index contributed by atoms with van der Waals surface area (Å²) in [5.41, 5.74) is 0. The van der Waals surface area contributed by atoms with E-state index in [0.29, 0.717) is 0 Å². The fourth-order valence-corrected chi connectivity index (χ4v) is 0. The molecule has 0 bridgehead atoms. The zero-order valence-corrected chi connectivity index (χ0v) is 8.29. The van der Waals surface area contributed by atoms with Crippen LogP contribution >= 0.6 is 16.9 Å². The molecule has 0 fully saturated rings. The number of hydrogen-bond acceptors (Lipinski definition) is 4. The van der Waals surface area contributed by atoms with Crippen molar-refractivity contribution in [3.8, 4) is 0 Å². The van der Waals surface area contributed by atoms with Gasteiger partial charge in [0, 0.05) is 30.8 Å². The molecule has 0 aliphatic heterocycles. The Bertz CT molecular complexity index is 55.3. The quantitative estimate of drug-likeness (QED) is 0.347. The summed E-state index contributed by atoms with van der Waals surface area (Å²) in [5, 5.41) is 0. The van der Waals surface area contributed by atoms with E-state index in [1.807, 2.05) is 0 Å². The van der Waals surface area contributed by atoms with Crippen molar-refractivity contribution < 1.29 is 55.2 Å². The molecule has 0 spiro atoms. The molecule has 0 rings (SSSR count). The Morgan fingerprint density at radius 3 is 1.11 bits per heavy atom. The van der Waals surface area contributed by atoms with Gasteiger partial charge in [0.05, 0.1) is 0 Å². The summed E-state index contributed by atoms with van der Waals surface area (Å²) in [5.74, 6) is 0. The van der Waals surface area contributed by atoms with Crippen LogP contribution in [-0.2, 0) is 30.8 Å². The van der Waals surface area contributed by atoms with Gasteiger partial charge >= 0.3 is 16.9 Å². The number of hydrogen-bond donors (Lipinski definition) is 5. The van der Waals surface area contributed by atoms with Crippen LogP contribution in [0.2, 0.25) is 0 Å². The van der Waals surface area contributed by atoms with Gasteiger partial charge in [0.15, 0.2) is 0 Å². The van der Waals surface area contributed by atoms with Gasteiger partial charge in [-0.3, -0.25) is 0 Å². The smallest absolute Gasteiger partial charge is 0.328 e. The second kappa shape index (κ2) is 11.9. The monoisotopic (exact) mass is 253 g/mol. The van der Waals surface area contributed by atoms with Gasteiger partial charge in [0.2, 0.25) is 0 Å². The van der Waals surface area contributed by atoms with E-state index in [-0.39, 0.29) is 26.2 Å². The maximum Gasteiger partial charge on any atom is 0.692 e. The molecule has 5 N–H and O–H groups in total. The predicted molar refractivity (Wildman–Crippen MR) is 25.6 cm³/mol. The topological polar surface area (TPSA) is 118 Å². The van der Waals surface area contributed by atoms with Crippen molar-refractivity contribution in [3.63, 3.8) is 0 Å². The molecule has 6 nitrogen and oxygen atoms in total. The summed E-state index contributed by atoms with van der Waals surface area (Å²) in [6.07, 6.45) is 0. The minimum Gasteiger partial charge on any atom is -0.328 e. The molecule has 0 atom stereocenters. The predicted octanol–water partition coefficient (Wildman–Crippen LogP) is -1.18. The molecule has 0 radical (unpaired) electrons. The van der Waals surface area contributed by atoms with E-state index in [2.05, 4.69) is 0 Å². The molecule has 0 saturated heterocycles. The van der Waals surface area contributed by atoms with Crippen molar-refractivity contribution in [3.05, 3.63) is 0 Å². The Kier molecular flexibility index (Phi) is 22.1. The molecule has 0 aliphatic carbocycles. The second-order valence-corrected chi connectivity index (χ2v) is 1.56. The molecule has 0 aromatic rings. The fourth-order valence-electron chi connectivity index (χ4n) is 0. The Morgan fingerprint density at radius 2 is 1.11 bits per heavy atom. The van der Waals surface area contributed by atoms with Crippen LogP contribution in [-0.4, -0.2) is 24.5 Å². The second-order valence-electron chi connectivity index (χ2n) is 0.521. The largest absolute Gasteiger partial charge is 0.692 e. The Balaban J connectivity index is -0.0000000720. The Hall–Kier alpha value is 1.21. The molecule has 9 heavy (non-hydrogen) atoms. The third-order valence-corrected chi connectivity index (χ3v) is 0. The average molecular weight is 254 g/mol. The van der Waals surface area contributed by atoms with Gasteiger partial charge in [0.1, 0.15) is 0 Å². The van der Waals surface area contributed by atoms with Gasteiger partial charge in [0.25, 0.3) is 0 Å². The van der Waals surface area contributed by atoms with Crippen molar-refractivity contribution in [2.45, 2.75) is 0 Å². The summed E-state index contributed by atoms with van der Waals surface area (Å²) in [6.45, 7) is 0. The van der Waals surface area contributed by atoms with Crippen molar-refractivity contribution in [1.29, 1.82) is 0 Å². The van der Waals surface area contributed by atoms with E-state index in [1.165, 1.54) is 0 Å². The van der Waals surface area contributed by atoms with Crippen molar-refractivity contribution in [2.75, 3.05) is 0 Å². The van der Waals surface area contributed by atoms with Crippen molar-refractivity contribution in [1.82, 2.24) is 0 Å². The van der Waals surface area contributed by atoms with Crippen LogP contribution in [0.1, 0.15) is 0 Å². The van der Waals surface area contributed by atoms with Crippen LogP contribution in [0.5, 0.6) is 0 Å². The first-order chi connectivity index (χ1) is 3.46. The van der Waals surface area contributed by atoms with Gasteiger partial charge < -0.3 is 14.7 Å². The third kappa shape index (κ3) is 326. The first-order valence-electron chi connectivity index (χ1n) is 1.18. The van der Waals surface area contributed by atoms with Crippen LogP contribution in [0.25, 0.3) is 0 Å². The molecule has 0 amide bonds. The number of rotatable bonds is 0. The average Bonchev–Trinajstić information content (AvgIpc) is 1.25. The molecule has 0 saturated carbocycles. The maximum atomic E-state index is 8.70. The van der Waals surface area contributed by atoms with Gasteiger partial charge in [-0.1, -0.05) is 0 Å². The van der Waals surface area contributed by atoms with Gasteiger partial charge in [-0.25, -0.2) is 0 Å². The van der Waals surface area contributed by atoms with Gasteiger partial charge in [-0.15, -0.1) is 9.79 Å². The van der Waals surface area contributed by atoms with Crippen LogP contribution < -0.4 is 0 Å². The summed E-state index contributed by atoms with van der Waals surface area (Å²) in [7, 11) is -5.49. The minimum atomic E-state index is -2.87. The first kappa shape index (κ1) is 16.7. The standard InChI is InChI=1S/H3O3P.HO3P.Zr/c2*1-4(2)3;/h1-3H;(H-,1,2,3);/p+1. The van der Waals surface area contributed by atoms with Crippen molar-refractivity contribution >= 4 is 16.9 Å². The molecule has 9 heteroatoms. The Labute approximate surface area is 72.2 Å². The van der Waals surface area contributed by atoms with Crippen LogP contribution in [0.3, 0.4) is 0 Å². The molecule has 0 unspecified atom stereocenters. The maximum absolute atomic E-state index is 8.70. The van der Waals surface area contributed by atoms with E-state index in [4.69, 9.17) is 29.0 Å². The molecule has 0 aromatic carbocycles. The summed E-state index contributed by atoms with van der Waals surface area (Å²) >= 11 is 0. The summed E-state index contributed by atoms with van der Waals surface area (Å²) < 4.78 is 8.70. The van der Waals surface area contributed by atoms with Crippen molar-refractivity contribution in [2.24, 2.45) is 0 Å². The summed E-state index contributed by atoms with van der Waals surface area (Å²) in [6, 6.07) is 0. The van der Waals surface area contributed by atoms with E-state index >= 15 is 0 Å². The zero-order chi connectivity index (χ0) is 7.15. The molecule has 0 aromatic heterocycles. The van der Waals surface area contributed by atoms with Crippen LogP contribution in [0.4, 0.5) is 0 Å². The zero-order valence-electron chi connectivity index (χ0n) is 4.04. The van der Waals surface area contributed by atoms with Gasteiger partial charge in [-0.05, 0) is 0 Å².